The molecule has 4 aromatic heterocycles. The summed E-state index contributed by atoms with van der Waals surface area (Å²) in [6.45, 7) is 8.71. The van der Waals surface area contributed by atoms with E-state index in [1.165, 1.54) is 93.3 Å². The fourth-order valence-corrected chi connectivity index (χ4v) is 12.7. The molecule has 0 N–H and O–H groups in total. The third-order valence-electron chi connectivity index (χ3n) is 16.4. The minimum atomic E-state index is 0.738. The molecule has 0 aliphatic heterocycles. The molecule has 0 amide bonds. The number of benzene rings is 11. The van der Waals surface area contributed by atoms with Crippen LogP contribution in [-0.4, -0.2) is 23.7 Å². The summed E-state index contributed by atoms with van der Waals surface area (Å²) in [4.78, 5) is 10.4. The van der Waals surface area contributed by atoms with Crippen LogP contribution in [0.3, 0.4) is 0 Å². The van der Waals surface area contributed by atoms with Gasteiger partial charge in [-0.25, -0.2) is 9.97 Å². The Bertz CT molecular complexity index is 4570. The molecule has 0 saturated carbocycles. The Labute approximate surface area is 458 Å². The van der Waals surface area contributed by atoms with E-state index in [0.717, 1.165) is 67.6 Å². The van der Waals surface area contributed by atoms with Gasteiger partial charge in [0.1, 0.15) is 0 Å². The number of aryl methyl sites for hydroxylation is 4. The third kappa shape index (κ3) is 7.53. The van der Waals surface area contributed by atoms with Crippen molar-refractivity contribution in [2.45, 2.75) is 27.7 Å². The summed E-state index contributed by atoms with van der Waals surface area (Å²) in [6, 6.07) is 90.7. The fraction of sp³-hybridized carbons (Fsp3) is 0.0541. The van der Waals surface area contributed by atoms with E-state index in [-0.39, 0.29) is 0 Å². The smallest absolute Gasteiger partial charge is 0.160 e. The van der Waals surface area contributed by atoms with E-state index in [9.17, 15) is 0 Å². The standard InChI is InChI=1S/C74H53N5/c1-46-17-5-7-19-57(46)66-45-65(75-74(76-66)58-20-8-6-18-47(58)2)53-41-48(3)73(49(4)42-53)52-31-29-50(30-32-52)51-33-35-54(36-34-51)77-71-39-37-55(78-67-25-13-9-21-59(67)60-22-10-14-26-68(60)78)43-63(71)64-44-56(38-40-72(64)77)79-69-27-15-11-23-61(69)62-24-12-16-28-70(62)79/h5-45H,1-4H3. The highest BCUT2D eigenvalue weighted by Crippen LogP contribution is 2.41. The first kappa shape index (κ1) is 46.2. The first-order chi connectivity index (χ1) is 38.8. The summed E-state index contributed by atoms with van der Waals surface area (Å²) in [6.07, 6.45) is 0. The minimum Gasteiger partial charge on any atom is -0.309 e. The molecule has 0 bridgehead atoms. The number of para-hydroxylation sites is 4. The summed E-state index contributed by atoms with van der Waals surface area (Å²) in [5, 5.41) is 7.41. The molecule has 0 spiro atoms. The molecule has 5 heteroatoms. The van der Waals surface area contributed by atoms with Crippen LogP contribution < -0.4 is 0 Å². The Hall–Kier alpha value is -10.1. The topological polar surface area (TPSA) is 40.6 Å². The van der Waals surface area contributed by atoms with Crippen LogP contribution in [0.5, 0.6) is 0 Å². The SMILES string of the molecule is Cc1ccccc1-c1cc(-c2cc(C)c(-c3ccc(-c4ccc(-n5c6ccc(-n7c8ccccc8c8ccccc87)cc6c6cc(-n7c8ccccc8c8ccccc87)ccc65)cc4)cc3)c(C)c2)nc(-c2ccccc2C)n1. The normalized spacial score (nSPS) is 11.8. The minimum absolute atomic E-state index is 0.738. The van der Waals surface area contributed by atoms with Crippen LogP contribution in [0.1, 0.15) is 22.3 Å². The van der Waals surface area contributed by atoms with Gasteiger partial charge in [-0.1, -0.05) is 158 Å². The molecule has 4 heterocycles. The molecule has 0 aliphatic rings. The number of hydrogen-bond donors (Lipinski definition) is 0. The van der Waals surface area contributed by atoms with Gasteiger partial charge in [0.15, 0.2) is 5.82 Å². The summed E-state index contributed by atoms with van der Waals surface area (Å²) in [7, 11) is 0. The van der Waals surface area contributed by atoms with Crippen LogP contribution in [0.4, 0.5) is 0 Å². The van der Waals surface area contributed by atoms with Crippen molar-refractivity contribution in [2.75, 3.05) is 0 Å². The molecule has 0 atom stereocenters. The molecule has 15 aromatic rings. The lowest BCUT2D eigenvalue weighted by Crippen LogP contribution is -1.99. The Balaban J connectivity index is 0.802. The lowest BCUT2D eigenvalue weighted by atomic mass is 9.91. The van der Waals surface area contributed by atoms with Gasteiger partial charge in [0.25, 0.3) is 0 Å². The van der Waals surface area contributed by atoms with Gasteiger partial charge in [-0.2, -0.15) is 0 Å². The highest BCUT2D eigenvalue weighted by Gasteiger charge is 2.21. The molecule has 0 unspecified atom stereocenters. The maximum Gasteiger partial charge on any atom is 0.160 e. The Morgan fingerprint density at radius 1 is 0.253 bits per heavy atom. The van der Waals surface area contributed by atoms with E-state index in [1.54, 1.807) is 0 Å². The molecule has 15 rings (SSSR count). The molecule has 0 saturated heterocycles. The van der Waals surface area contributed by atoms with Crippen LogP contribution in [0.15, 0.2) is 249 Å². The highest BCUT2D eigenvalue weighted by molar-refractivity contribution is 6.14. The van der Waals surface area contributed by atoms with Gasteiger partial charge in [0, 0.05) is 66.1 Å². The van der Waals surface area contributed by atoms with E-state index >= 15 is 0 Å². The number of aromatic nitrogens is 5. The van der Waals surface area contributed by atoms with Crippen molar-refractivity contribution < 1.29 is 0 Å². The molecule has 0 radical (unpaired) electrons. The van der Waals surface area contributed by atoms with Gasteiger partial charge < -0.3 is 13.7 Å². The van der Waals surface area contributed by atoms with Crippen molar-refractivity contribution in [3.8, 4) is 73.2 Å². The van der Waals surface area contributed by atoms with Crippen LogP contribution >= 0.6 is 0 Å². The molecule has 0 fully saturated rings. The number of hydrogen-bond acceptors (Lipinski definition) is 2. The Kier molecular flexibility index (Phi) is 10.7. The van der Waals surface area contributed by atoms with Crippen LogP contribution in [0.2, 0.25) is 0 Å². The summed E-state index contributed by atoms with van der Waals surface area (Å²) in [5.41, 5.74) is 25.1. The van der Waals surface area contributed by atoms with Crippen LogP contribution in [0.25, 0.3) is 139 Å². The number of fused-ring (bicyclic) bond motifs is 9. The first-order valence-electron chi connectivity index (χ1n) is 27.2. The van der Waals surface area contributed by atoms with Gasteiger partial charge >= 0.3 is 0 Å². The average molecular weight is 1010 g/mol. The number of nitrogens with zero attached hydrogens (tertiary/aromatic N) is 5. The highest BCUT2D eigenvalue weighted by atomic mass is 15.0. The van der Waals surface area contributed by atoms with E-state index in [0.29, 0.717) is 0 Å². The van der Waals surface area contributed by atoms with Gasteiger partial charge in [0.2, 0.25) is 0 Å². The largest absolute Gasteiger partial charge is 0.309 e. The van der Waals surface area contributed by atoms with Crippen molar-refractivity contribution >= 4 is 65.4 Å². The summed E-state index contributed by atoms with van der Waals surface area (Å²) >= 11 is 0. The van der Waals surface area contributed by atoms with Gasteiger partial charge in [0.05, 0.1) is 44.5 Å². The maximum absolute atomic E-state index is 5.22. The van der Waals surface area contributed by atoms with Crippen molar-refractivity contribution in [2.24, 2.45) is 0 Å². The average Bonchev–Trinajstić information content (AvgIpc) is 4.30. The fourth-order valence-electron chi connectivity index (χ4n) is 12.7. The second-order valence-electron chi connectivity index (χ2n) is 21.2. The monoisotopic (exact) mass is 1010 g/mol. The molecule has 0 aliphatic carbocycles. The van der Waals surface area contributed by atoms with Crippen LogP contribution in [0, 0.1) is 27.7 Å². The number of rotatable bonds is 8. The lowest BCUT2D eigenvalue weighted by Gasteiger charge is -2.16. The summed E-state index contributed by atoms with van der Waals surface area (Å²) < 4.78 is 7.28. The molecule has 5 nitrogen and oxygen atoms in total. The van der Waals surface area contributed by atoms with Crippen molar-refractivity contribution in [3.63, 3.8) is 0 Å². The molecule has 11 aromatic carbocycles. The third-order valence-corrected chi connectivity index (χ3v) is 16.4. The Morgan fingerprint density at radius 2 is 0.620 bits per heavy atom. The lowest BCUT2D eigenvalue weighted by molar-refractivity contribution is 1.16. The maximum atomic E-state index is 5.22. The van der Waals surface area contributed by atoms with E-state index in [1.807, 2.05) is 0 Å². The molecule has 79 heavy (non-hydrogen) atoms. The Morgan fingerprint density at radius 3 is 1.10 bits per heavy atom. The van der Waals surface area contributed by atoms with Gasteiger partial charge in [-0.15, -0.1) is 0 Å². The predicted octanol–water partition coefficient (Wildman–Crippen LogP) is 19.3. The zero-order valence-corrected chi connectivity index (χ0v) is 44.4. The van der Waals surface area contributed by atoms with E-state index in [2.05, 4.69) is 290 Å². The van der Waals surface area contributed by atoms with Crippen LogP contribution in [-0.2, 0) is 0 Å². The van der Waals surface area contributed by atoms with Crippen molar-refractivity contribution in [1.29, 1.82) is 0 Å². The second kappa shape index (κ2) is 18.3. The quantitative estimate of drug-likeness (QED) is 0.152. The van der Waals surface area contributed by atoms with E-state index in [4.69, 9.17) is 9.97 Å². The second-order valence-corrected chi connectivity index (χ2v) is 21.2. The zero-order chi connectivity index (χ0) is 52.9. The predicted molar refractivity (Wildman–Crippen MR) is 331 cm³/mol. The molecular formula is C74H53N5. The van der Waals surface area contributed by atoms with E-state index < -0.39 is 0 Å². The van der Waals surface area contributed by atoms with Gasteiger partial charge in [-0.05, 0) is 163 Å². The summed E-state index contributed by atoms with van der Waals surface area (Å²) in [5.74, 6) is 0.738. The van der Waals surface area contributed by atoms with Crippen molar-refractivity contribution in [3.05, 3.63) is 271 Å². The molecular weight excluding hydrogens is 959 g/mol. The molecule has 374 valence electrons. The van der Waals surface area contributed by atoms with Gasteiger partial charge in [-0.3, -0.25) is 0 Å². The zero-order valence-electron chi connectivity index (χ0n) is 44.4. The first-order valence-corrected chi connectivity index (χ1v) is 27.2. The van der Waals surface area contributed by atoms with Crippen molar-refractivity contribution in [1.82, 2.24) is 23.7 Å².